The minimum absolute atomic E-state index is 0.00639. The summed E-state index contributed by atoms with van der Waals surface area (Å²) in [5, 5.41) is 2.82. The number of hydrogen-bond acceptors (Lipinski definition) is 1. The maximum atomic E-state index is 13.6. The molecule has 0 saturated carbocycles. The van der Waals surface area contributed by atoms with E-state index in [1.165, 1.54) is 12.3 Å². The monoisotopic (exact) mass is 186 g/mol. The molecule has 1 aliphatic rings. The Labute approximate surface area is 75.3 Å². The summed E-state index contributed by atoms with van der Waals surface area (Å²) < 4.78 is 27.2. The first kappa shape index (κ1) is 8.69. The highest BCUT2D eigenvalue weighted by molar-refractivity contribution is 5.13. The van der Waals surface area contributed by atoms with Gasteiger partial charge in [0.2, 0.25) is 0 Å². The van der Waals surface area contributed by atoms with Crippen LogP contribution in [0.2, 0.25) is 0 Å². The van der Waals surface area contributed by atoms with Crippen molar-refractivity contribution in [1.82, 2.24) is 10.3 Å². The Bertz CT molecular complexity index is 263. The summed E-state index contributed by atoms with van der Waals surface area (Å²) in [6.07, 6.45) is 2.91. The van der Waals surface area contributed by atoms with Crippen molar-refractivity contribution in [2.45, 2.75) is 24.8 Å². The van der Waals surface area contributed by atoms with Crippen molar-refractivity contribution in [2.75, 3.05) is 6.54 Å². The Balaban J connectivity index is 2.19. The average molecular weight is 186 g/mol. The van der Waals surface area contributed by atoms with E-state index in [1.807, 2.05) is 0 Å². The summed E-state index contributed by atoms with van der Waals surface area (Å²) in [6.45, 7) is 0.695. The van der Waals surface area contributed by atoms with Crippen LogP contribution in [0.1, 0.15) is 18.5 Å². The molecule has 0 spiro atoms. The molecule has 13 heavy (non-hydrogen) atoms. The molecule has 1 fully saturated rings. The molecule has 0 radical (unpaired) electrons. The minimum atomic E-state index is -2.76. The summed E-state index contributed by atoms with van der Waals surface area (Å²) in [5.74, 6) is -2.76. The molecule has 0 aliphatic carbocycles. The Morgan fingerprint density at radius 2 is 2.31 bits per heavy atom. The van der Waals surface area contributed by atoms with Crippen LogP contribution in [0.4, 0.5) is 8.78 Å². The Hall–Kier alpha value is -0.900. The maximum Gasteiger partial charge on any atom is 0.302 e. The van der Waals surface area contributed by atoms with Crippen LogP contribution >= 0.6 is 0 Å². The number of halogens is 2. The normalized spacial score (nSPS) is 23.7. The molecule has 2 rings (SSSR count). The highest BCUT2D eigenvalue weighted by Crippen LogP contribution is 2.34. The van der Waals surface area contributed by atoms with Crippen molar-refractivity contribution >= 4 is 0 Å². The molecule has 0 aromatic carbocycles. The third-order valence-electron chi connectivity index (χ3n) is 2.46. The van der Waals surface area contributed by atoms with Crippen LogP contribution < -0.4 is 5.32 Å². The largest absolute Gasteiger partial charge is 0.360 e. The third-order valence-corrected chi connectivity index (χ3v) is 2.46. The fourth-order valence-corrected chi connectivity index (χ4v) is 1.72. The zero-order valence-corrected chi connectivity index (χ0v) is 7.19. The van der Waals surface area contributed by atoms with Crippen LogP contribution in [0, 0.1) is 0 Å². The van der Waals surface area contributed by atoms with Gasteiger partial charge in [0.1, 0.15) is 0 Å². The summed E-state index contributed by atoms with van der Waals surface area (Å²) in [4.78, 5) is 2.56. The Morgan fingerprint density at radius 3 is 2.85 bits per heavy atom. The first-order chi connectivity index (χ1) is 6.21. The van der Waals surface area contributed by atoms with E-state index in [2.05, 4.69) is 10.3 Å². The van der Waals surface area contributed by atoms with Crippen LogP contribution in [0.5, 0.6) is 0 Å². The van der Waals surface area contributed by atoms with E-state index in [1.54, 1.807) is 6.07 Å². The van der Waals surface area contributed by atoms with Gasteiger partial charge in [-0.2, -0.15) is 8.78 Å². The minimum Gasteiger partial charge on any atom is -0.360 e. The van der Waals surface area contributed by atoms with Crippen molar-refractivity contribution in [3.8, 4) is 0 Å². The van der Waals surface area contributed by atoms with Crippen molar-refractivity contribution < 1.29 is 8.78 Å². The zero-order chi connectivity index (χ0) is 9.31. The van der Waals surface area contributed by atoms with E-state index in [4.69, 9.17) is 0 Å². The lowest BCUT2D eigenvalue weighted by Crippen LogP contribution is -2.38. The van der Waals surface area contributed by atoms with Gasteiger partial charge in [0.25, 0.3) is 0 Å². The van der Waals surface area contributed by atoms with Gasteiger partial charge in [-0.15, -0.1) is 0 Å². The lowest BCUT2D eigenvalue weighted by atomic mass is 10.1. The average Bonchev–Trinajstić information content (AvgIpc) is 2.78. The van der Waals surface area contributed by atoms with Crippen molar-refractivity contribution in [3.63, 3.8) is 0 Å². The van der Waals surface area contributed by atoms with E-state index in [-0.39, 0.29) is 5.69 Å². The molecule has 4 heteroatoms. The fourth-order valence-electron chi connectivity index (χ4n) is 1.72. The highest BCUT2D eigenvalue weighted by atomic mass is 19.3. The molecule has 1 aliphatic heterocycles. The number of H-pyrrole nitrogens is 1. The predicted molar refractivity (Wildman–Crippen MR) is 45.7 cm³/mol. The van der Waals surface area contributed by atoms with Gasteiger partial charge in [0.15, 0.2) is 0 Å². The van der Waals surface area contributed by atoms with Crippen LogP contribution in [0.15, 0.2) is 18.3 Å². The number of alkyl halides is 2. The van der Waals surface area contributed by atoms with Crippen LogP contribution in [0.3, 0.4) is 0 Å². The van der Waals surface area contributed by atoms with Crippen molar-refractivity contribution in [1.29, 1.82) is 0 Å². The molecule has 2 nitrogen and oxygen atoms in total. The van der Waals surface area contributed by atoms with E-state index in [0.29, 0.717) is 13.0 Å². The number of nitrogens with one attached hydrogen (secondary N) is 2. The first-order valence-electron chi connectivity index (χ1n) is 4.46. The lowest BCUT2D eigenvalue weighted by molar-refractivity contribution is -0.0412. The number of aromatic nitrogens is 1. The second-order valence-electron chi connectivity index (χ2n) is 3.36. The van der Waals surface area contributed by atoms with E-state index < -0.39 is 12.0 Å². The van der Waals surface area contributed by atoms with Crippen LogP contribution in [-0.4, -0.2) is 17.6 Å². The quantitative estimate of drug-likeness (QED) is 0.724. The summed E-state index contributed by atoms with van der Waals surface area (Å²) in [7, 11) is 0. The first-order valence-corrected chi connectivity index (χ1v) is 4.46. The molecule has 2 N–H and O–H groups in total. The van der Waals surface area contributed by atoms with Gasteiger partial charge < -0.3 is 10.3 Å². The van der Waals surface area contributed by atoms with E-state index in [9.17, 15) is 8.78 Å². The topological polar surface area (TPSA) is 27.8 Å². The predicted octanol–water partition coefficient (Wildman–Crippen LogP) is 1.86. The van der Waals surface area contributed by atoms with Gasteiger partial charge >= 0.3 is 5.92 Å². The summed E-state index contributed by atoms with van der Waals surface area (Å²) in [6, 6.07) is 2.32. The highest BCUT2D eigenvalue weighted by Gasteiger charge is 2.43. The van der Waals surface area contributed by atoms with Gasteiger partial charge in [0.05, 0.1) is 11.7 Å². The lowest BCUT2D eigenvalue weighted by Gasteiger charge is -2.22. The van der Waals surface area contributed by atoms with Crippen LogP contribution in [-0.2, 0) is 5.92 Å². The number of rotatable bonds is 2. The van der Waals surface area contributed by atoms with Crippen molar-refractivity contribution in [2.24, 2.45) is 0 Å². The van der Waals surface area contributed by atoms with Gasteiger partial charge in [-0.3, -0.25) is 0 Å². The molecule has 72 valence electrons. The van der Waals surface area contributed by atoms with Gasteiger partial charge in [0, 0.05) is 6.20 Å². The Morgan fingerprint density at radius 1 is 1.46 bits per heavy atom. The standard InChI is InChI=1S/C9H12F2N2/c10-9(11,7-3-1-5-12-7)8-4-2-6-13-8/h1,3,5,8,12-13H,2,4,6H2. The number of hydrogen-bond donors (Lipinski definition) is 2. The summed E-state index contributed by atoms with van der Waals surface area (Å²) >= 11 is 0. The molecule has 1 atom stereocenters. The van der Waals surface area contributed by atoms with Gasteiger partial charge in [-0.1, -0.05) is 0 Å². The molecule has 1 saturated heterocycles. The molecule has 1 aromatic heterocycles. The van der Waals surface area contributed by atoms with Gasteiger partial charge in [-0.05, 0) is 31.5 Å². The molecule has 0 bridgehead atoms. The number of aromatic amines is 1. The Kier molecular flexibility index (Phi) is 2.07. The maximum absolute atomic E-state index is 13.6. The molecular formula is C9H12F2N2. The molecule has 1 aromatic rings. The SMILES string of the molecule is FC(F)(c1ccc[nH]1)C1CCCN1. The molecule has 0 amide bonds. The second kappa shape index (κ2) is 3.10. The smallest absolute Gasteiger partial charge is 0.302 e. The van der Waals surface area contributed by atoms with Gasteiger partial charge in [-0.25, -0.2) is 0 Å². The summed E-state index contributed by atoms with van der Waals surface area (Å²) in [5.41, 5.74) is 0.00639. The molecule has 1 unspecified atom stereocenters. The second-order valence-corrected chi connectivity index (χ2v) is 3.36. The fraction of sp³-hybridized carbons (Fsp3) is 0.556. The molecule has 2 heterocycles. The third kappa shape index (κ3) is 1.46. The van der Waals surface area contributed by atoms with E-state index in [0.717, 1.165) is 6.42 Å². The zero-order valence-electron chi connectivity index (χ0n) is 7.19. The van der Waals surface area contributed by atoms with Crippen molar-refractivity contribution in [3.05, 3.63) is 24.0 Å². The molecular weight excluding hydrogens is 174 g/mol. The van der Waals surface area contributed by atoms with Crippen LogP contribution in [0.25, 0.3) is 0 Å². The van der Waals surface area contributed by atoms with E-state index >= 15 is 0 Å².